The zero-order valence-corrected chi connectivity index (χ0v) is 11.9. The molecule has 1 amide bonds. The highest BCUT2D eigenvalue weighted by Crippen LogP contribution is 2.44. The van der Waals surface area contributed by atoms with Crippen molar-refractivity contribution in [2.24, 2.45) is 17.8 Å². The van der Waals surface area contributed by atoms with Gasteiger partial charge in [-0.1, -0.05) is 6.42 Å². The number of alkyl halides is 2. The molecule has 3 rings (SSSR count). The van der Waals surface area contributed by atoms with E-state index in [1.165, 1.54) is 4.90 Å². The number of nitrogens with zero attached hydrogens (tertiary/aromatic N) is 1. The molecule has 1 aliphatic heterocycles. The molecule has 3 atom stereocenters. The third-order valence-corrected chi connectivity index (χ3v) is 5.49. The quantitative estimate of drug-likeness (QED) is 0.852. The molecule has 2 saturated carbocycles. The maximum Gasteiger partial charge on any atom is 0.326 e. The van der Waals surface area contributed by atoms with Crippen LogP contribution in [0.3, 0.4) is 0 Å². The standard InChI is InChI=1S/C15H21F2NO3/c16-15(17)6-4-9(5-7-15)13(19)18-8-10-2-1-3-11(10)12(18)14(20)21/h9-12H,1-8H2,(H,20,21). The Kier molecular flexibility index (Phi) is 3.66. The lowest BCUT2D eigenvalue weighted by molar-refractivity contribution is -0.153. The zero-order chi connectivity index (χ0) is 15.2. The van der Waals surface area contributed by atoms with Gasteiger partial charge in [-0.05, 0) is 37.5 Å². The number of hydrogen-bond donors (Lipinski definition) is 1. The van der Waals surface area contributed by atoms with Gasteiger partial charge < -0.3 is 10.0 Å². The van der Waals surface area contributed by atoms with Gasteiger partial charge in [-0.15, -0.1) is 0 Å². The highest BCUT2D eigenvalue weighted by Gasteiger charge is 2.51. The number of aliphatic carboxylic acids is 1. The number of likely N-dealkylation sites (tertiary alicyclic amines) is 1. The van der Waals surface area contributed by atoms with E-state index in [0.717, 1.165) is 19.3 Å². The Hall–Kier alpha value is -1.20. The van der Waals surface area contributed by atoms with Gasteiger partial charge in [-0.2, -0.15) is 0 Å². The molecule has 1 N–H and O–H groups in total. The first-order valence-electron chi connectivity index (χ1n) is 7.80. The van der Waals surface area contributed by atoms with Crippen molar-refractivity contribution in [1.29, 1.82) is 0 Å². The van der Waals surface area contributed by atoms with Crippen LogP contribution >= 0.6 is 0 Å². The number of carboxylic acids is 1. The Morgan fingerprint density at radius 2 is 1.76 bits per heavy atom. The molecule has 3 fully saturated rings. The Labute approximate surface area is 122 Å². The van der Waals surface area contributed by atoms with Gasteiger partial charge in [0, 0.05) is 25.3 Å². The molecule has 2 aliphatic carbocycles. The molecular formula is C15H21F2NO3. The van der Waals surface area contributed by atoms with E-state index < -0.39 is 23.9 Å². The number of carboxylic acid groups (broad SMARTS) is 1. The van der Waals surface area contributed by atoms with Crippen LogP contribution in [-0.4, -0.2) is 40.4 Å². The summed E-state index contributed by atoms with van der Waals surface area (Å²) in [6, 6.07) is -0.743. The first kappa shape index (κ1) is 14.7. The Bertz CT molecular complexity index is 444. The van der Waals surface area contributed by atoms with E-state index >= 15 is 0 Å². The minimum atomic E-state index is -2.66. The third-order valence-electron chi connectivity index (χ3n) is 5.49. The molecule has 0 aromatic rings. The van der Waals surface area contributed by atoms with E-state index in [-0.39, 0.29) is 43.4 Å². The third kappa shape index (κ3) is 2.64. The summed E-state index contributed by atoms with van der Waals surface area (Å²) in [5.74, 6) is -3.92. The van der Waals surface area contributed by atoms with Crippen LogP contribution in [0.5, 0.6) is 0 Å². The number of amides is 1. The SMILES string of the molecule is O=C(O)C1C2CCCC2CN1C(=O)C1CCC(F)(F)CC1. The monoisotopic (exact) mass is 301 g/mol. The van der Waals surface area contributed by atoms with Gasteiger partial charge in [0.1, 0.15) is 6.04 Å². The predicted molar refractivity (Wildman–Crippen MR) is 70.9 cm³/mol. The van der Waals surface area contributed by atoms with Crippen molar-refractivity contribution in [3.8, 4) is 0 Å². The number of halogens is 2. The minimum absolute atomic E-state index is 0.0523. The molecule has 118 valence electrons. The van der Waals surface area contributed by atoms with Gasteiger partial charge in [0.2, 0.25) is 11.8 Å². The highest BCUT2D eigenvalue weighted by atomic mass is 19.3. The molecule has 0 bridgehead atoms. The van der Waals surface area contributed by atoms with E-state index in [0.29, 0.717) is 6.54 Å². The van der Waals surface area contributed by atoms with Crippen molar-refractivity contribution < 1.29 is 23.5 Å². The summed E-state index contributed by atoms with van der Waals surface area (Å²) < 4.78 is 26.4. The smallest absolute Gasteiger partial charge is 0.326 e. The van der Waals surface area contributed by atoms with Crippen molar-refractivity contribution in [2.45, 2.75) is 56.9 Å². The van der Waals surface area contributed by atoms with E-state index in [1.807, 2.05) is 0 Å². The molecule has 3 unspecified atom stereocenters. The Morgan fingerprint density at radius 1 is 1.10 bits per heavy atom. The van der Waals surface area contributed by atoms with Gasteiger partial charge in [-0.3, -0.25) is 4.79 Å². The number of carbonyl (C=O) groups is 2. The Morgan fingerprint density at radius 3 is 2.38 bits per heavy atom. The lowest BCUT2D eigenvalue weighted by atomic mass is 9.85. The fourth-order valence-electron chi connectivity index (χ4n) is 4.37. The topological polar surface area (TPSA) is 57.6 Å². The van der Waals surface area contributed by atoms with Gasteiger partial charge in [-0.25, -0.2) is 13.6 Å². The lowest BCUT2D eigenvalue weighted by Gasteiger charge is -2.32. The van der Waals surface area contributed by atoms with Crippen LogP contribution in [-0.2, 0) is 9.59 Å². The molecule has 0 radical (unpaired) electrons. The molecule has 4 nitrogen and oxygen atoms in total. The number of fused-ring (bicyclic) bond motifs is 1. The van der Waals surface area contributed by atoms with Crippen molar-refractivity contribution in [2.75, 3.05) is 6.54 Å². The highest BCUT2D eigenvalue weighted by molar-refractivity contribution is 5.86. The lowest BCUT2D eigenvalue weighted by Crippen LogP contribution is -2.47. The summed E-state index contributed by atoms with van der Waals surface area (Å²) in [7, 11) is 0. The van der Waals surface area contributed by atoms with E-state index in [4.69, 9.17) is 0 Å². The fourth-order valence-corrected chi connectivity index (χ4v) is 4.37. The maximum atomic E-state index is 13.2. The van der Waals surface area contributed by atoms with Gasteiger partial charge in [0.05, 0.1) is 0 Å². The van der Waals surface area contributed by atoms with Crippen LogP contribution < -0.4 is 0 Å². The minimum Gasteiger partial charge on any atom is -0.480 e. The van der Waals surface area contributed by atoms with Gasteiger partial charge >= 0.3 is 5.97 Å². The van der Waals surface area contributed by atoms with Crippen LogP contribution in [0.4, 0.5) is 8.78 Å². The van der Waals surface area contributed by atoms with Gasteiger partial charge in [0.25, 0.3) is 0 Å². The largest absolute Gasteiger partial charge is 0.480 e. The summed E-state index contributed by atoms with van der Waals surface area (Å²) >= 11 is 0. The number of hydrogen-bond acceptors (Lipinski definition) is 2. The second-order valence-electron chi connectivity index (χ2n) is 6.76. The summed E-state index contributed by atoms with van der Waals surface area (Å²) in [6.07, 6.45) is 2.67. The Balaban J connectivity index is 1.71. The van der Waals surface area contributed by atoms with Crippen LogP contribution in [0.1, 0.15) is 44.9 Å². The first-order chi connectivity index (χ1) is 9.89. The molecule has 0 aromatic carbocycles. The van der Waals surface area contributed by atoms with E-state index in [2.05, 4.69) is 0 Å². The summed E-state index contributed by atoms with van der Waals surface area (Å²) in [4.78, 5) is 25.6. The molecule has 0 aromatic heterocycles. The van der Waals surface area contributed by atoms with E-state index in [9.17, 15) is 23.5 Å². The zero-order valence-electron chi connectivity index (χ0n) is 11.9. The van der Waals surface area contributed by atoms with E-state index in [1.54, 1.807) is 0 Å². The first-order valence-corrected chi connectivity index (χ1v) is 7.80. The maximum absolute atomic E-state index is 13.2. The molecule has 1 heterocycles. The van der Waals surface area contributed by atoms with Crippen LogP contribution in [0.2, 0.25) is 0 Å². The van der Waals surface area contributed by atoms with Crippen molar-refractivity contribution in [3.05, 3.63) is 0 Å². The van der Waals surface area contributed by atoms with Crippen molar-refractivity contribution in [1.82, 2.24) is 4.90 Å². The molecule has 3 aliphatic rings. The number of rotatable bonds is 2. The fraction of sp³-hybridized carbons (Fsp3) is 0.867. The molecule has 21 heavy (non-hydrogen) atoms. The summed E-state index contributed by atoms with van der Waals surface area (Å²) in [5, 5.41) is 9.45. The van der Waals surface area contributed by atoms with Crippen LogP contribution in [0, 0.1) is 17.8 Å². The second kappa shape index (κ2) is 5.21. The molecule has 6 heteroatoms. The predicted octanol–water partition coefficient (Wildman–Crippen LogP) is 2.52. The number of carbonyl (C=O) groups excluding carboxylic acids is 1. The second-order valence-corrected chi connectivity index (χ2v) is 6.76. The van der Waals surface area contributed by atoms with Crippen molar-refractivity contribution >= 4 is 11.9 Å². The molecule has 1 saturated heterocycles. The van der Waals surface area contributed by atoms with Crippen molar-refractivity contribution in [3.63, 3.8) is 0 Å². The average Bonchev–Trinajstić information content (AvgIpc) is 2.96. The molecular weight excluding hydrogens is 280 g/mol. The molecule has 0 spiro atoms. The van der Waals surface area contributed by atoms with Crippen LogP contribution in [0.25, 0.3) is 0 Å². The normalized spacial score (nSPS) is 35.7. The summed E-state index contributed by atoms with van der Waals surface area (Å²) in [5.41, 5.74) is 0. The van der Waals surface area contributed by atoms with Gasteiger partial charge in [0.15, 0.2) is 0 Å². The summed E-state index contributed by atoms with van der Waals surface area (Å²) in [6.45, 7) is 0.493. The average molecular weight is 301 g/mol. The van der Waals surface area contributed by atoms with Crippen LogP contribution in [0.15, 0.2) is 0 Å².